The SMILES string of the molecule is CC(Sc1ncnc2c1cnn2C)C(=O)C12CC3CC(CC(C3)C1)C2. The van der Waals surface area contributed by atoms with E-state index >= 15 is 0 Å². The quantitative estimate of drug-likeness (QED) is 0.618. The van der Waals surface area contributed by atoms with Crippen molar-refractivity contribution in [3.8, 4) is 0 Å². The second-order valence-electron chi connectivity index (χ2n) is 8.51. The number of hydrogen-bond acceptors (Lipinski definition) is 5. The Morgan fingerprint density at radius 2 is 1.84 bits per heavy atom. The molecular weight excluding hydrogens is 332 g/mol. The highest BCUT2D eigenvalue weighted by molar-refractivity contribution is 8.00. The Kier molecular flexibility index (Phi) is 3.50. The van der Waals surface area contributed by atoms with E-state index in [1.807, 2.05) is 7.05 Å². The molecule has 2 heterocycles. The van der Waals surface area contributed by atoms with Crippen molar-refractivity contribution < 1.29 is 4.79 Å². The second kappa shape index (κ2) is 5.53. The molecule has 4 aliphatic rings. The number of Topliss-reactive ketones (excluding diaryl/α,β-unsaturated/α-hetero) is 1. The number of hydrogen-bond donors (Lipinski definition) is 0. The van der Waals surface area contributed by atoms with E-state index in [1.165, 1.54) is 19.3 Å². The second-order valence-corrected chi connectivity index (χ2v) is 9.84. The van der Waals surface area contributed by atoms with Gasteiger partial charge in [0, 0.05) is 12.5 Å². The minimum Gasteiger partial charge on any atom is -0.298 e. The first-order chi connectivity index (χ1) is 12.0. The number of ketones is 1. The molecule has 132 valence electrons. The average Bonchev–Trinajstić information content (AvgIpc) is 2.95. The van der Waals surface area contributed by atoms with Gasteiger partial charge in [0.25, 0.3) is 0 Å². The molecule has 5 nitrogen and oxygen atoms in total. The fourth-order valence-corrected chi connectivity index (χ4v) is 7.17. The predicted octanol–water partition coefficient (Wildman–Crippen LogP) is 3.63. The van der Waals surface area contributed by atoms with Gasteiger partial charge in [-0.3, -0.25) is 9.48 Å². The van der Waals surface area contributed by atoms with Crippen molar-refractivity contribution in [1.82, 2.24) is 19.7 Å². The highest BCUT2D eigenvalue weighted by atomic mass is 32.2. The highest BCUT2D eigenvalue weighted by Gasteiger charge is 2.55. The van der Waals surface area contributed by atoms with Gasteiger partial charge in [-0.05, 0) is 63.2 Å². The number of rotatable bonds is 4. The molecule has 0 spiro atoms. The molecule has 4 aliphatic carbocycles. The number of aryl methyl sites for hydroxylation is 1. The van der Waals surface area contributed by atoms with Gasteiger partial charge in [0.1, 0.15) is 11.4 Å². The first-order valence-corrected chi connectivity index (χ1v) is 10.3. The molecule has 1 atom stereocenters. The monoisotopic (exact) mass is 356 g/mol. The summed E-state index contributed by atoms with van der Waals surface area (Å²) in [5.74, 6) is 2.87. The normalized spacial score (nSPS) is 34.6. The van der Waals surface area contributed by atoms with Crippen LogP contribution in [-0.2, 0) is 11.8 Å². The zero-order valence-corrected chi connectivity index (χ0v) is 15.6. The number of carbonyl (C=O) groups excluding carboxylic acids is 1. The fraction of sp³-hybridized carbons (Fsp3) is 0.684. The molecule has 4 saturated carbocycles. The standard InChI is InChI=1S/C19H24N4OS/c1-11(25-18-15-9-22-23(2)17(15)20-10-21-18)16(24)19-6-12-3-13(7-19)5-14(4-12)8-19/h9-14H,3-8H2,1-2H3. The molecule has 2 aromatic rings. The van der Waals surface area contributed by atoms with Gasteiger partial charge in [0.2, 0.25) is 0 Å². The topological polar surface area (TPSA) is 60.7 Å². The van der Waals surface area contributed by atoms with Crippen LogP contribution in [0.5, 0.6) is 0 Å². The maximum absolute atomic E-state index is 13.5. The van der Waals surface area contributed by atoms with E-state index < -0.39 is 0 Å². The van der Waals surface area contributed by atoms with Crippen molar-refractivity contribution in [3.63, 3.8) is 0 Å². The van der Waals surface area contributed by atoms with Crippen LogP contribution >= 0.6 is 11.8 Å². The third-order valence-electron chi connectivity index (χ3n) is 6.71. The number of fused-ring (bicyclic) bond motifs is 1. The van der Waals surface area contributed by atoms with Crippen LogP contribution in [0.15, 0.2) is 17.6 Å². The summed E-state index contributed by atoms with van der Waals surface area (Å²) in [5.41, 5.74) is 0.786. The minimum absolute atomic E-state index is 0.0394. The molecule has 0 saturated heterocycles. The van der Waals surface area contributed by atoms with Crippen molar-refractivity contribution in [1.29, 1.82) is 0 Å². The van der Waals surface area contributed by atoms with Gasteiger partial charge < -0.3 is 0 Å². The molecule has 0 N–H and O–H groups in total. The lowest BCUT2D eigenvalue weighted by Crippen LogP contribution is -2.51. The molecule has 0 aromatic carbocycles. The molecule has 25 heavy (non-hydrogen) atoms. The van der Waals surface area contributed by atoms with Crippen molar-refractivity contribution in [3.05, 3.63) is 12.5 Å². The van der Waals surface area contributed by atoms with Crippen LogP contribution in [0.4, 0.5) is 0 Å². The molecular formula is C19H24N4OS. The lowest BCUT2D eigenvalue weighted by molar-refractivity contribution is -0.142. The van der Waals surface area contributed by atoms with Crippen molar-refractivity contribution in [2.24, 2.45) is 30.2 Å². The molecule has 0 aliphatic heterocycles. The number of carbonyl (C=O) groups is 1. The number of aromatic nitrogens is 4. The summed E-state index contributed by atoms with van der Waals surface area (Å²) in [6.45, 7) is 2.07. The zero-order valence-electron chi connectivity index (χ0n) is 14.8. The van der Waals surface area contributed by atoms with E-state index in [2.05, 4.69) is 22.0 Å². The van der Waals surface area contributed by atoms with Gasteiger partial charge in [0.05, 0.1) is 16.8 Å². The van der Waals surface area contributed by atoms with Gasteiger partial charge in [-0.2, -0.15) is 5.10 Å². The van der Waals surface area contributed by atoms with Crippen LogP contribution in [0.25, 0.3) is 11.0 Å². The third-order valence-corrected chi connectivity index (χ3v) is 7.83. The number of thioether (sulfide) groups is 1. The summed E-state index contributed by atoms with van der Waals surface area (Å²) in [6.07, 6.45) is 10.9. The van der Waals surface area contributed by atoms with E-state index in [4.69, 9.17) is 0 Å². The minimum atomic E-state index is -0.0606. The van der Waals surface area contributed by atoms with Gasteiger partial charge in [-0.1, -0.05) is 11.8 Å². The fourth-order valence-electron chi connectivity index (χ4n) is 6.10. The maximum atomic E-state index is 13.5. The Morgan fingerprint density at radius 3 is 2.48 bits per heavy atom. The molecule has 0 amide bonds. The summed E-state index contributed by atoms with van der Waals surface area (Å²) < 4.78 is 1.76. The van der Waals surface area contributed by atoms with Crippen molar-refractivity contribution in [2.75, 3.05) is 0 Å². The van der Waals surface area contributed by atoms with Crippen LogP contribution in [0, 0.1) is 23.2 Å². The first-order valence-electron chi connectivity index (χ1n) is 9.38. The van der Waals surface area contributed by atoms with E-state index in [9.17, 15) is 4.79 Å². The van der Waals surface area contributed by atoms with Crippen molar-refractivity contribution >= 4 is 28.6 Å². The summed E-state index contributed by atoms with van der Waals surface area (Å²) in [7, 11) is 1.88. The zero-order chi connectivity index (χ0) is 17.2. The Morgan fingerprint density at radius 1 is 1.20 bits per heavy atom. The Bertz CT molecular complexity index is 810. The van der Waals surface area contributed by atoms with Gasteiger partial charge in [-0.15, -0.1) is 0 Å². The number of nitrogens with zero attached hydrogens (tertiary/aromatic N) is 4. The lowest BCUT2D eigenvalue weighted by Gasteiger charge is -2.56. The summed E-state index contributed by atoms with van der Waals surface area (Å²) in [4.78, 5) is 22.2. The van der Waals surface area contributed by atoms with Crippen LogP contribution in [0.2, 0.25) is 0 Å². The third kappa shape index (κ3) is 2.44. The van der Waals surface area contributed by atoms with Crippen LogP contribution in [0.3, 0.4) is 0 Å². The smallest absolute Gasteiger partial charge is 0.162 e. The molecule has 2 aromatic heterocycles. The van der Waals surface area contributed by atoms with E-state index in [1.54, 1.807) is 29.0 Å². The molecule has 4 bridgehead atoms. The highest BCUT2D eigenvalue weighted by Crippen LogP contribution is 2.61. The van der Waals surface area contributed by atoms with Crippen molar-refractivity contribution in [2.45, 2.75) is 55.7 Å². The Balaban J connectivity index is 1.40. The maximum Gasteiger partial charge on any atom is 0.162 e. The average molecular weight is 356 g/mol. The van der Waals surface area contributed by atoms with Crippen LogP contribution in [0.1, 0.15) is 45.4 Å². The molecule has 6 rings (SSSR count). The van der Waals surface area contributed by atoms with E-state index in [-0.39, 0.29) is 10.7 Å². The Labute approximate surface area is 152 Å². The molecule has 1 unspecified atom stereocenters. The summed E-state index contributed by atoms with van der Waals surface area (Å²) >= 11 is 1.59. The summed E-state index contributed by atoms with van der Waals surface area (Å²) in [5, 5.41) is 6.04. The van der Waals surface area contributed by atoms with Crippen LogP contribution < -0.4 is 0 Å². The van der Waals surface area contributed by atoms with E-state index in [0.717, 1.165) is 53.1 Å². The van der Waals surface area contributed by atoms with E-state index in [0.29, 0.717) is 5.78 Å². The largest absolute Gasteiger partial charge is 0.298 e. The van der Waals surface area contributed by atoms with Gasteiger partial charge in [0.15, 0.2) is 11.4 Å². The summed E-state index contributed by atoms with van der Waals surface area (Å²) in [6, 6.07) is 0. The molecule has 0 radical (unpaired) electrons. The lowest BCUT2D eigenvalue weighted by atomic mass is 9.48. The molecule has 6 heteroatoms. The molecule has 4 fully saturated rings. The Hall–Kier alpha value is -1.43. The van der Waals surface area contributed by atoms with Gasteiger partial charge >= 0.3 is 0 Å². The first kappa shape index (κ1) is 15.8. The van der Waals surface area contributed by atoms with Crippen LogP contribution in [-0.4, -0.2) is 30.8 Å². The predicted molar refractivity (Wildman–Crippen MR) is 97.2 cm³/mol. The van der Waals surface area contributed by atoms with Gasteiger partial charge in [-0.25, -0.2) is 9.97 Å².